The van der Waals surface area contributed by atoms with Gasteiger partial charge in [0.25, 0.3) is 0 Å². The van der Waals surface area contributed by atoms with Crippen LogP contribution in [0.1, 0.15) is 50.5 Å². The zero-order valence-electron chi connectivity index (χ0n) is 18.6. The highest BCUT2D eigenvalue weighted by molar-refractivity contribution is 6.10. The van der Waals surface area contributed by atoms with Crippen molar-refractivity contribution in [3.8, 4) is 0 Å². The van der Waals surface area contributed by atoms with E-state index in [1.54, 1.807) is 18.2 Å². The maximum atomic E-state index is 15.0. The molecule has 2 saturated carbocycles. The van der Waals surface area contributed by atoms with Gasteiger partial charge in [-0.05, 0) is 55.9 Å². The maximum Gasteiger partial charge on any atom is 0.241 e. The highest BCUT2D eigenvalue weighted by Crippen LogP contribution is 2.48. The van der Waals surface area contributed by atoms with Crippen molar-refractivity contribution in [3.63, 3.8) is 0 Å². The first kappa shape index (κ1) is 21.6. The van der Waals surface area contributed by atoms with Gasteiger partial charge in [-0.1, -0.05) is 18.2 Å². The highest BCUT2D eigenvalue weighted by Gasteiger charge is 2.56. The third-order valence-electron chi connectivity index (χ3n) is 8.20. The molecule has 7 heteroatoms. The molecule has 5 fully saturated rings. The second-order valence-corrected chi connectivity index (χ2v) is 10.2. The van der Waals surface area contributed by atoms with Crippen LogP contribution in [0.4, 0.5) is 4.39 Å². The Morgan fingerprint density at radius 3 is 2.47 bits per heavy atom. The third-order valence-corrected chi connectivity index (χ3v) is 8.20. The van der Waals surface area contributed by atoms with Crippen LogP contribution in [0.25, 0.3) is 0 Å². The predicted octanol–water partition coefficient (Wildman–Crippen LogP) is 2.90. The molecule has 0 N–H and O–H groups in total. The summed E-state index contributed by atoms with van der Waals surface area (Å²) < 4.78 is 20.0. The van der Waals surface area contributed by atoms with E-state index in [1.807, 2.05) is 4.90 Å². The van der Waals surface area contributed by atoms with E-state index in [-0.39, 0.29) is 49.4 Å². The molecule has 1 aromatic carbocycles. The summed E-state index contributed by atoms with van der Waals surface area (Å²) in [6, 6.07) is 6.26. The van der Waals surface area contributed by atoms with Gasteiger partial charge < -0.3 is 9.64 Å². The second-order valence-electron chi connectivity index (χ2n) is 10.2. The lowest BCUT2D eigenvalue weighted by atomic mass is 9.68. The van der Waals surface area contributed by atoms with Gasteiger partial charge in [0.1, 0.15) is 5.82 Å². The van der Waals surface area contributed by atoms with Crippen LogP contribution in [0.5, 0.6) is 0 Å². The summed E-state index contributed by atoms with van der Waals surface area (Å²) in [6.45, 7) is 1.03. The first-order chi connectivity index (χ1) is 15.4. The molecule has 6 nitrogen and oxygen atoms in total. The number of nitrogens with zero attached hydrogens (tertiary/aromatic N) is 2. The fourth-order valence-corrected chi connectivity index (χ4v) is 6.95. The van der Waals surface area contributed by atoms with Crippen LogP contribution in [0.2, 0.25) is 0 Å². The first-order valence-electron chi connectivity index (χ1n) is 11.8. The molecule has 5 atom stereocenters. The minimum absolute atomic E-state index is 0.107. The standard InChI is InChI=1S/C25H31FN2O4/c1-32-7-6-27-22(29)13-25(24(27)31,20-4-2-3-5-21(20)26)14-23(30)28-15-18-9-16-8-17(10-18)12-19(28)11-16/h2-5,16-19H,6-15H2,1H3/t16-,17+,18?,19?,25-/m1/s1. The number of hydrogen-bond donors (Lipinski definition) is 0. The van der Waals surface area contributed by atoms with Crippen molar-refractivity contribution in [2.75, 3.05) is 26.8 Å². The van der Waals surface area contributed by atoms with Crippen molar-refractivity contribution in [3.05, 3.63) is 35.6 Å². The van der Waals surface area contributed by atoms with Gasteiger partial charge in [-0.3, -0.25) is 19.3 Å². The summed E-state index contributed by atoms with van der Waals surface area (Å²) in [7, 11) is 1.50. The minimum Gasteiger partial charge on any atom is -0.383 e. The smallest absolute Gasteiger partial charge is 0.241 e. The summed E-state index contributed by atoms with van der Waals surface area (Å²) >= 11 is 0. The second kappa shape index (κ2) is 8.25. The monoisotopic (exact) mass is 442 g/mol. The van der Waals surface area contributed by atoms with Crippen LogP contribution in [0, 0.1) is 23.6 Å². The molecule has 1 aromatic rings. The van der Waals surface area contributed by atoms with Crippen LogP contribution in [-0.4, -0.2) is 60.4 Å². The molecular formula is C25H31FN2O4. The number of methoxy groups -OCH3 is 1. The van der Waals surface area contributed by atoms with Crippen LogP contribution in [0.3, 0.4) is 0 Å². The van der Waals surface area contributed by atoms with E-state index in [0.717, 1.165) is 24.3 Å². The Hall–Kier alpha value is -2.28. The molecule has 2 unspecified atom stereocenters. The van der Waals surface area contributed by atoms with Crippen LogP contribution in [0.15, 0.2) is 24.3 Å². The number of ether oxygens (including phenoxy) is 1. The van der Waals surface area contributed by atoms with Gasteiger partial charge in [0.2, 0.25) is 17.7 Å². The van der Waals surface area contributed by atoms with Crippen molar-refractivity contribution in [1.29, 1.82) is 0 Å². The van der Waals surface area contributed by atoms with Gasteiger partial charge in [-0.25, -0.2) is 4.39 Å². The van der Waals surface area contributed by atoms with Gasteiger partial charge >= 0.3 is 0 Å². The van der Waals surface area contributed by atoms with Crippen molar-refractivity contribution < 1.29 is 23.5 Å². The SMILES string of the molecule is COCCN1C(=O)C[C@@](CC(=O)N2CC3C[C@@H]4CC2C[C@H](C3)C4)(c2ccccc2F)C1=O. The Balaban J connectivity index is 1.47. The molecule has 0 radical (unpaired) electrons. The molecule has 0 spiro atoms. The number of imide groups is 1. The van der Waals surface area contributed by atoms with Gasteiger partial charge in [-0.15, -0.1) is 0 Å². The lowest BCUT2D eigenvalue weighted by Crippen LogP contribution is -2.47. The van der Waals surface area contributed by atoms with E-state index in [9.17, 15) is 18.8 Å². The largest absolute Gasteiger partial charge is 0.383 e. The van der Waals surface area contributed by atoms with Gasteiger partial charge in [0, 0.05) is 38.1 Å². The van der Waals surface area contributed by atoms with E-state index < -0.39 is 17.1 Å². The van der Waals surface area contributed by atoms with Crippen LogP contribution in [-0.2, 0) is 24.5 Å². The Morgan fingerprint density at radius 2 is 1.78 bits per heavy atom. The summed E-state index contributed by atoms with van der Waals surface area (Å²) in [5.74, 6) is 0.355. The fraction of sp³-hybridized carbons (Fsp3) is 0.640. The predicted molar refractivity (Wildman–Crippen MR) is 115 cm³/mol. The van der Waals surface area contributed by atoms with Crippen LogP contribution < -0.4 is 0 Å². The molecule has 32 heavy (non-hydrogen) atoms. The molecular weight excluding hydrogens is 411 g/mol. The Labute approximate surface area is 188 Å². The van der Waals surface area contributed by atoms with E-state index in [2.05, 4.69) is 0 Å². The van der Waals surface area contributed by atoms with E-state index >= 15 is 0 Å². The fourth-order valence-electron chi connectivity index (χ4n) is 6.95. The first-order valence-corrected chi connectivity index (χ1v) is 11.8. The van der Waals surface area contributed by atoms with Gasteiger partial charge in [0.05, 0.1) is 18.6 Å². The van der Waals surface area contributed by atoms with Gasteiger partial charge in [-0.2, -0.15) is 0 Å². The Bertz CT molecular complexity index is 922. The normalized spacial score (nSPS) is 33.8. The average Bonchev–Trinajstić information content (AvgIpc) is 2.85. The summed E-state index contributed by atoms with van der Waals surface area (Å²) in [5, 5.41) is 0. The molecule has 5 aliphatic rings. The number of fused-ring (bicyclic) bond motifs is 1. The quantitative estimate of drug-likeness (QED) is 0.636. The molecule has 2 aliphatic carbocycles. The number of amides is 3. The number of hydrogen-bond acceptors (Lipinski definition) is 4. The molecule has 3 amide bonds. The molecule has 4 bridgehead atoms. The number of likely N-dealkylation sites (tertiary alicyclic amines) is 1. The summed E-state index contributed by atoms with van der Waals surface area (Å²) in [6.07, 6.45) is 5.33. The molecule has 3 heterocycles. The lowest BCUT2D eigenvalue weighted by Gasteiger charge is -2.39. The Morgan fingerprint density at radius 1 is 1.09 bits per heavy atom. The minimum atomic E-state index is -1.49. The highest BCUT2D eigenvalue weighted by atomic mass is 19.1. The van der Waals surface area contributed by atoms with Crippen molar-refractivity contribution >= 4 is 17.7 Å². The molecule has 3 aliphatic heterocycles. The number of benzene rings is 1. The molecule has 172 valence electrons. The van der Waals surface area contributed by atoms with Crippen molar-refractivity contribution in [2.24, 2.45) is 17.8 Å². The van der Waals surface area contributed by atoms with Crippen molar-refractivity contribution in [2.45, 2.75) is 56.4 Å². The van der Waals surface area contributed by atoms with Crippen molar-refractivity contribution in [1.82, 2.24) is 9.80 Å². The van der Waals surface area contributed by atoms with E-state index in [0.29, 0.717) is 17.8 Å². The zero-order valence-corrected chi connectivity index (χ0v) is 18.6. The topological polar surface area (TPSA) is 66.9 Å². The average molecular weight is 443 g/mol. The van der Waals surface area contributed by atoms with Gasteiger partial charge in [0.15, 0.2) is 0 Å². The summed E-state index contributed by atoms with van der Waals surface area (Å²) in [5.41, 5.74) is -1.34. The molecule has 6 rings (SSSR count). The van der Waals surface area contributed by atoms with E-state index in [1.165, 1.54) is 32.4 Å². The summed E-state index contributed by atoms with van der Waals surface area (Å²) in [4.78, 5) is 43.3. The number of carbonyl (C=O) groups is 3. The maximum absolute atomic E-state index is 15.0. The Kier molecular flexibility index (Phi) is 5.56. The number of rotatable bonds is 6. The molecule has 3 saturated heterocycles. The number of carbonyl (C=O) groups excluding carboxylic acids is 3. The van der Waals surface area contributed by atoms with E-state index in [4.69, 9.17) is 4.74 Å². The molecule has 0 aromatic heterocycles. The zero-order chi connectivity index (χ0) is 22.5. The number of halogens is 1. The van der Waals surface area contributed by atoms with Crippen LogP contribution >= 0.6 is 0 Å². The lowest BCUT2D eigenvalue weighted by molar-refractivity contribution is -0.144. The third kappa shape index (κ3) is 3.54.